The first-order valence-electron chi connectivity index (χ1n) is 11.4. The SMILES string of the molecule is CCNC(=O)[C@H](Cc1ccccc1)N(Cc1cccc(C)c1)C(=O)COc1ccc(Cl)c(C)c1. The van der Waals surface area contributed by atoms with E-state index in [4.69, 9.17) is 16.3 Å². The molecular weight excluding hydrogens is 448 g/mol. The van der Waals surface area contributed by atoms with Crippen LogP contribution in [0, 0.1) is 13.8 Å². The Balaban J connectivity index is 1.89. The Morgan fingerprint density at radius 3 is 2.38 bits per heavy atom. The first-order valence-corrected chi connectivity index (χ1v) is 11.8. The number of nitrogens with zero attached hydrogens (tertiary/aromatic N) is 1. The highest BCUT2D eigenvalue weighted by Gasteiger charge is 2.30. The lowest BCUT2D eigenvalue weighted by Crippen LogP contribution is -2.51. The van der Waals surface area contributed by atoms with E-state index in [0.29, 0.717) is 30.3 Å². The number of ether oxygens (including phenoxy) is 1. The van der Waals surface area contributed by atoms with E-state index in [9.17, 15) is 9.59 Å². The summed E-state index contributed by atoms with van der Waals surface area (Å²) in [5.74, 6) is 0.111. The maximum absolute atomic E-state index is 13.5. The number of carbonyl (C=O) groups is 2. The van der Waals surface area contributed by atoms with Crippen molar-refractivity contribution in [2.45, 2.75) is 39.8 Å². The van der Waals surface area contributed by atoms with Crippen LogP contribution < -0.4 is 10.1 Å². The first-order chi connectivity index (χ1) is 16.4. The molecule has 2 amide bonds. The van der Waals surface area contributed by atoms with Gasteiger partial charge in [0.05, 0.1) is 0 Å². The third-order valence-electron chi connectivity index (χ3n) is 5.55. The molecular formula is C28H31ClN2O3. The van der Waals surface area contributed by atoms with E-state index >= 15 is 0 Å². The molecule has 5 nitrogen and oxygen atoms in total. The van der Waals surface area contributed by atoms with Crippen molar-refractivity contribution in [2.24, 2.45) is 0 Å². The summed E-state index contributed by atoms with van der Waals surface area (Å²) in [4.78, 5) is 28.3. The molecule has 6 heteroatoms. The smallest absolute Gasteiger partial charge is 0.261 e. The van der Waals surface area contributed by atoms with Crippen molar-refractivity contribution in [3.8, 4) is 5.75 Å². The second-order valence-corrected chi connectivity index (χ2v) is 8.72. The van der Waals surface area contributed by atoms with Crippen LogP contribution in [0.25, 0.3) is 0 Å². The average Bonchev–Trinajstić information content (AvgIpc) is 2.82. The number of nitrogens with one attached hydrogen (secondary N) is 1. The van der Waals surface area contributed by atoms with Gasteiger partial charge in [-0.2, -0.15) is 0 Å². The first kappa shape index (κ1) is 25.3. The molecule has 3 aromatic rings. The van der Waals surface area contributed by atoms with Gasteiger partial charge in [-0.1, -0.05) is 71.8 Å². The van der Waals surface area contributed by atoms with E-state index in [0.717, 1.165) is 22.3 Å². The normalized spacial score (nSPS) is 11.5. The molecule has 178 valence electrons. The number of aryl methyl sites for hydroxylation is 2. The second-order valence-electron chi connectivity index (χ2n) is 8.31. The average molecular weight is 479 g/mol. The molecule has 0 aromatic heterocycles. The summed E-state index contributed by atoms with van der Waals surface area (Å²) < 4.78 is 5.80. The van der Waals surface area contributed by atoms with Gasteiger partial charge in [0.1, 0.15) is 11.8 Å². The van der Waals surface area contributed by atoms with Gasteiger partial charge in [-0.15, -0.1) is 0 Å². The van der Waals surface area contributed by atoms with E-state index in [1.807, 2.05) is 75.4 Å². The molecule has 3 rings (SSSR count). The number of rotatable bonds is 10. The highest BCUT2D eigenvalue weighted by molar-refractivity contribution is 6.31. The predicted molar refractivity (Wildman–Crippen MR) is 136 cm³/mol. The standard InChI is InChI=1S/C28H31ClN2O3/c1-4-30-28(33)26(17-22-10-6-5-7-11-22)31(18-23-12-8-9-20(2)15-23)27(32)19-34-24-13-14-25(29)21(3)16-24/h5-16,26H,4,17-19H2,1-3H3,(H,30,33)/t26-/m0/s1. The summed E-state index contributed by atoms with van der Waals surface area (Å²) >= 11 is 6.10. The molecule has 0 saturated heterocycles. The van der Waals surface area contributed by atoms with Crippen molar-refractivity contribution in [3.63, 3.8) is 0 Å². The molecule has 0 heterocycles. The Labute approximate surface area is 206 Å². The van der Waals surface area contributed by atoms with Gasteiger partial charge < -0.3 is 15.0 Å². The number of halogens is 1. The topological polar surface area (TPSA) is 58.6 Å². The van der Waals surface area contributed by atoms with E-state index in [-0.39, 0.29) is 18.4 Å². The fourth-order valence-corrected chi connectivity index (χ4v) is 3.91. The summed E-state index contributed by atoms with van der Waals surface area (Å²) in [6.07, 6.45) is 0.407. The number of amides is 2. The van der Waals surface area contributed by atoms with E-state index in [2.05, 4.69) is 5.32 Å². The maximum Gasteiger partial charge on any atom is 0.261 e. The Kier molecular flexibility index (Phi) is 9.11. The highest BCUT2D eigenvalue weighted by atomic mass is 35.5. The fraction of sp³-hybridized carbons (Fsp3) is 0.286. The maximum atomic E-state index is 13.5. The molecule has 0 bridgehead atoms. The summed E-state index contributed by atoms with van der Waals surface area (Å²) in [6, 6.07) is 22.3. The molecule has 0 aliphatic heterocycles. The lowest BCUT2D eigenvalue weighted by molar-refractivity contribution is -0.142. The van der Waals surface area contributed by atoms with Crippen LogP contribution in [0.2, 0.25) is 5.02 Å². The largest absolute Gasteiger partial charge is 0.484 e. The molecule has 1 N–H and O–H groups in total. The second kappa shape index (κ2) is 12.2. The summed E-state index contributed by atoms with van der Waals surface area (Å²) in [6.45, 7) is 6.36. The molecule has 0 aliphatic rings. The zero-order chi connectivity index (χ0) is 24.5. The van der Waals surface area contributed by atoms with E-state index in [1.165, 1.54) is 0 Å². The quantitative estimate of drug-likeness (QED) is 0.440. The Bertz CT molecular complexity index is 1120. The molecule has 3 aromatic carbocycles. The van der Waals surface area contributed by atoms with E-state index in [1.54, 1.807) is 23.1 Å². The van der Waals surface area contributed by atoms with Gasteiger partial charge in [0.15, 0.2) is 6.61 Å². The molecule has 0 fully saturated rings. The van der Waals surface area contributed by atoms with Crippen LogP contribution in [-0.4, -0.2) is 35.9 Å². The molecule has 34 heavy (non-hydrogen) atoms. The van der Waals surface area contributed by atoms with Crippen molar-refractivity contribution in [1.29, 1.82) is 0 Å². The minimum Gasteiger partial charge on any atom is -0.484 e. The summed E-state index contributed by atoms with van der Waals surface area (Å²) in [7, 11) is 0. The minimum atomic E-state index is -0.675. The van der Waals surface area contributed by atoms with Crippen LogP contribution in [0.5, 0.6) is 5.75 Å². The number of carbonyl (C=O) groups excluding carboxylic acids is 2. The third kappa shape index (κ3) is 7.09. The summed E-state index contributed by atoms with van der Waals surface area (Å²) in [5.41, 5.74) is 3.90. The van der Waals surface area contributed by atoms with Gasteiger partial charge in [-0.05, 0) is 55.7 Å². The number of hydrogen-bond acceptors (Lipinski definition) is 3. The molecule has 0 radical (unpaired) electrons. The van der Waals surface area contributed by atoms with Crippen molar-refractivity contribution >= 4 is 23.4 Å². The monoisotopic (exact) mass is 478 g/mol. The lowest BCUT2D eigenvalue weighted by Gasteiger charge is -2.31. The van der Waals surface area contributed by atoms with Gasteiger partial charge in [-0.25, -0.2) is 0 Å². The Morgan fingerprint density at radius 1 is 0.971 bits per heavy atom. The van der Waals surface area contributed by atoms with Crippen molar-refractivity contribution in [2.75, 3.05) is 13.2 Å². The molecule has 0 spiro atoms. The molecule has 0 unspecified atom stereocenters. The van der Waals surface area contributed by atoms with Crippen molar-refractivity contribution in [3.05, 3.63) is 100 Å². The highest BCUT2D eigenvalue weighted by Crippen LogP contribution is 2.22. The van der Waals surface area contributed by atoms with Crippen LogP contribution in [0.3, 0.4) is 0 Å². The van der Waals surface area contributed by atoms with E-state index < -0.39 is 6.04 Å². The van der Waals surface area contributed by atoms with Crippen LogP contribution in [0.4, 0.5) is 0 Å². The van der Waals surface area contributed by atoms with Gasteiger partial charge in [0, 0.05) is 24.5 Å². The predicted octanol–water partition coefficient (Wildman–Crippen LogP) is 5.11. The van der Waals surface area contributed by atoms with Gasteiger partial charge in [-0.3, -0.25) is 9.59 Å². The van der Waals surface area contributed by atoms with Gasteiger partial charge in [0.2, 0.25) is 5.91 Å². The van der Waals surface area contributed by atoms with Gasteiger partial charge >= 0.3 is 0 Å². The van der Waals surface area contributed by atoms with Crippen molar-refractivity contribution < 1.29 is 14.3 Å². The Morgan fingerprint density at radius 2 is 1.71 bits per heavy atom. The Hall–Kier alpha value is -3.31. The third-order valence-corrected chi connectivity index (χ3v) is 5.97. The van der Waals surface area contributed by atoms with Crippen LogP contribution >= 0.6 is 11.6 Å². The van der Waals surface area contributed by atoms with Crippen LogP contribution in [0.1, 0.15) is 29.2 Å². The number of benzene rings is 3. The number of likely N-dealkylation sites (N-methyl/N-ethyl adjacent to an activating group) is 1. The fourth-order valence-electron chi connectivity index (χ4n) is 3.79. The number of hydrogen-bond donors (Lipinski definition) is 1. The summed E-state index contributed by atoms with van der Waals surface area (Å²) in [5, 5.41) is 3.54. The van der Waals surface area contributed by atoms with Gasteiger partial charge in [0.25, 0.3) is 5.91 Å². The van der Waals surface area contributed by atoms with Crippen molar-refractivity contribution in [1.82, 2.24) is 10.2 Å². The molecule has 1 atom stereocenters. The van der Waals surface area contributed by atoms with Crippen LogP contribution in [-0.2, 0) is 22.6 Å². The zero-order valence-corrected chi connectivity index (χ0v) is 20.6. The molecule has 0 aliphatic carbocycles. The van der Waals surface area contributed by atoms with Crippen LogP contribution in [0.15, 0.2) is 72.8 Å². The minimum absolute atomic E-state index is 0.183. The lowest BCUT2D eigenvalue weighted by atomic mass is 10.0. The zero-order valence-electron chi connectivity index (χ0n) is 19.9. The molecule has 0 saturated carbocycles.